The summed E-state index contributed by atoms with van der Waals surface area (Å²) in [6, 6.07) is 0.546. The van der Waals surface area contributed by atoms with Gasteiger partial charge in [-0.1, -0.05) is 71.3 Å². The van der Waals surface area contributed by atoms with Gasteiger partial charge < -0.3 is 97.1 Å². The van der Waals surface area contributed by atoms with Gasteiger partial charge in [0.05, 0.1) is 39.7 Å². The van der Waals surface area contributed by atoms with Gasteiger partial charge >= 0.3 is 5.97 Å². The Morgan fingerprint density at radius 1 is 0.759 bits per heavy atom. The lowest BCUT2D eigenvalue weighted by atomic mass is 10.0. The highest BCUT2D eigenvalue weighted by Crippen LogP contribution is 2.39. The van der Waals surface area contributed by atoms with Crippen LogP contribution in [0.25, 0.3) is 11.0 Å². The molecule has 4 aliphatic heterocycles. The summed E-state index contributed by atoms with van der Waals surface area (Å²) in [6.45, 7) is 7.65. The SMILES string of the molecule is COc1ccc(C[C@@H]2NC(=O)[C@H](C)NC(=O)[C@H](NC(=O)c3oc4c(OC)c(OC)ccc4c3C)CCSSC[C@@H](C(=O)N[C@H](C(=O)N3C[C@H](O)C[C@H]3C(=O)N[C@@H](Cc3ccc(Cl)cc3)C(=O)N[C@@H](CCCNC(C)=N)C(=O)N3CCC[C@H]3C(N)=O)C(C)C)NC(=O)[C@H](CC(=O)O)NC(=O)[C@@H]3CCCN3C2=O)cc1. The zero-order chi connectivity index (χ0) is 78.8. The molecule has 36 heteroatoms. The van der Waals surface area contributed by atoms with Gasteiger partial charge in [-0.25, -0.2) is 0 Å². The number of hydrogen-bond acceptors (Lipinski definition) is 21. The van der Waals surface area contributed by atoms with E-state index in [1.54, 1.807) is 81.4 Å². The molecular formula is C72H95ClN14O19S2. The molecule has 4 fully saturated rings. The van der Waals surface area contributed by atoms with Crippen LogP contribution in [0.3, 0.4) is 0 Å². The lowest BCUT2D eigenvalue weighted by Crippen LogP contribution is -2.61. The second-order valence-corrected chi connectivity index (χ2v) is 30.3. The van der Waals surface area contributed by atoms with Crippen molar-refractivity contribution in [1.82, 2.24) is 62.6 Å². The summed E-state index contributed by atoms with van der Waals surface area (Å²) in [6.07, 6.45) is -1.79. The third-order valence-corrected chi connectivity index (χ3v) is 21.9. The standard InChI is InChI=1S/C72H95ClN14O19S2/c1-36(2)57(72(102)87-34-43(88)32-54(87)68(98)80-48(30-40-15-19-42(73)20-16-40)64(94)79-47(12-9-26-76-39(5)74)70(100)85-27-10-13-52(85)61(75)91)84-66(96)51-35-108-107-29-25-46(78-69(99)58-37(3)45-23-24-55(104-7)60(105-8)59(45)106-58)63(93)77-38(4)62(92)82-50(31-41-17-21-44(103-6)22-18-41)71(101)86-28-11-14-53(86)67(97)81-49(33-56(89)90)65(95)83-51/h15-24,36,38,43,46-54,57,88H,9-14,25-35H2,1-8H3,(H2,74,76)(H2,75,91)(H,77,93)(H,78,99)(H,79,94)(H,80,98)(H,81,97)(H,82,92)(H,83,95)(H,84,96)(H,89,90)/t38-,43+,46+,47-,48-,49-,50-,51-,52-,53-,54-,57-/m0/s1. The van der Waals surface area contributed by atoms with Crippen LogP contribution < -0.4 is 67.8 Å². The van der Waals surface area contributed by atoms with E-state index < -0.39 is 168 Å². The summed E-state index contributed by atoms with van der Waals surface area (Å²) >= 11 is 6.23. The van der Waals surface area contributed by atoms with Crippen LogP contribution in [-0.4, -0.2) is 239 Å². The van der Waals surface area contributed by atoms with E-state index in [2.05, 4.69) is 47.9 Å². The number of likely N-dealkylation sites (tertiary alicyclic amines) is 2. The van der Waals surface area contributed by atoms with E-state index in [1.807, 2.05) is 0 Å². The Labute approximate surface area is 636 Å². The Morgan fingerprint density at radius 3 is 2.11 bits per heavy atom. The number of aryl methyl sites for hydroxylation is 1. The number of primary amides is 1. The van der Waals surface area contributed by atoms with E-state index >= 15 is 9.59 Å². The maximum atomic E-state index is 15.2. The molecule has 1 aromatic heterocycles. The van der Waals surface area contributed by atoms with Crippen molar-refractivity contribution in [3.8, 4) is 17.2 Å². The summed E-state index contributed by atoms with van der Waals surface area (Å²) in [5.41, 5.74) is 7.31. The Kier molecular flexibility index (Phi) is 30.1. The predicted molar refractivity (Wildman–Crippen MR) is 398 cm³/mol. The average molecular weight is 1560 g/mol. The minimum absolute atomic E-state index is 0.00210. The number of fused-ring (bicyclic) bond motifs is 2. The third-order valence-electron chi connectivity index (χ3n) is 19.2. The number of benzene rings is 3. The molecule has 3 aromatic carbocycles. The number of carbonyl (C=O) groups excluding carboxylic acids is 12. The van der Waals surface area contributed by atoms with Gasteiger partial charge in [0, 0.05) is 72.9 Å². The van der Waals surface area contributed by atoms with E-state index in [9.17, 15) is 63.0 Å². The minimum Gasteiger partial charge on any atom is -0.497 e. The molecule has 0 unspecified atom stereocenters. The number of aliphatic carboxylic acids is 1. The summed E-state index contributed by atoms with van der Waals surface area (Å²) in [7, 11) is 6.31. The highest BCUT2D eigenvalue weighted by Gasteiger charge is 2.46. The topological polar surface area (TPSA) is 471 Å². The quantitative estimate of drug-likeness (QED) is 0.0191. The zero-order valence-corrected chi connectivity index (χ0v) is 63.6. The number of aliphatic hydroxyl groups is 1. The Hall–Kier alpha value is -9.87. The number of amidine groups is 1. The highest BCUT2D eigenvalue weighted by atomic mass is 35.5. The molecule has 0 bridgehead atoms. The van der Waals surface area contributed by atoms with Crippen molar-refractivity contribution in [3.05, 3.63) is 88.1 Å². The number of nitrogens with two attached hydrogens (primary N) is 1. The van der Waals surface area contributed by atoms with Crippen molar-refractivity contribution in [1.29, 1.82) is 5.41 Å². The lowest BCUT2D eigenvalue weighted by Gasteiger charge is -2.32. The number of furan rings is 1. The summed E-state index contributed by atoms with van der Waals surface area (Å²) in [5.74, 6) is -12.1. The van der Waals surface area contributed by atoms with Crippen LogP contribution in [0.1, 0.15) is 113 Å². The number of carbonyl (C=O) groups is 13. The molecule has 4 saturated heterocycles. The van der Waals surface area contributed by atoms with Crippen molar-refractivity contribution in [3.63, 3.8) is 0 Å². The van der Waals surface area contributed by atoms with Crippen LogP contribution >= 0.6 is 33.2 Å². The van der Waals surface area contributed by atoms with Crippen LogP contribution in [0.2, 0.25) is 5.02 Å². The molecule has 0 saturated carbocycles. The fourth-order valence-corrected chi connectivity index (χ4v) is 15.7. The number of methoxy groups -OCH3 is 3. The minimum atomic E-state index is -1.89. The number of nitrogens with zero attached hydrogens (tertiary/aromatic N) is 3. The normalized spacial score (nSPS) is 22.7. The zero-order valence-electron chi connectivity index (χ0n) is 61.2. The Bertz CT molecular complexity index is 4000. The molecule has 5 heterocycles. The number of carboxylic acid groups (broad SMARTS) is 1. The van der Waals surface area contributed by atoms with Crippen molar-refractivity contribution in [2.45, 2.75) is 178 Å². The molecule has 12 atom stereocenters. The molecule has 14 N–H and O–H groups in total. The first-order valence-corrected chi connectivity index (χ1v) is 38.4. The maximum Gasteiger partial charge on any atom is 0.305 e. The van der Waals surface area contributed by atoms with Gasteiger partial charge in [-0.2, -0.15) is 0 Å². The number of nitrogens with one attached hydrogen (secondary N) is 10. The number of carboxylic acids is 1. The number of β-amino-alcohol motifs (C(OH)–C–C–N with tert-alkyl or cyclic N) is 1. The molecule has 108 heavy (non-hydrogen) atoms. The first-order valence-electron chi connectivity index (χ1n) is 35.5. The number of amides is 12. The maximum absolute atomic E-state index is 15.2. The van der Waals surface area contributed by atoms with Crippen LogP contribution in [0.5, 0.6) is 17.2 Å². The second kappa shape index (κ2) is 38.8. The number of aliphatic hydroxyl groups excluding tert-OH is 1. The fourth-order valence-electron chi connectivity index (χ4n) is 13.4. The molecule has 586 valence electrons. The van der Waals surface area contributed by atoms with Crippen molar-refractivity contribution >= 4 is 127 Å². The van der Waals surface area contributed by atoms with E-state index in [-0.39, 0.29) is 105 Å². The fraction of sp³-hybridized carbons (Fsp3) is 0.528. The van der Waals surface area contributed by atoms with Crippen molar-refractivity contribution in [2.24, 2.45) is 11.7 Å². The Morgan fingerprint density at radius 2 is 1.45 bits per heavy atom. The van der Waals surface area contributed by atoms with Crippen LogP contribution in [0.15, 0.2) is 65.1 Å². The monoisotopic (exact) mass is 1560 g/mol. The first kappa shape index (κ1) is 83.8. The summed E-state index contributed by atoms with van der Waals surface area (Å²) in [4.78, 5) is 190. The van der Waals surface area contributed by atoms with Crippen molar-refractivity contribution in [2.75, 3.05) is 59.0 Å². The van der Waals surface area contributed by atoms with Gasteiger partial charge in [0.1, 0.15) is 72.2 Å². The van der Waals surface area contributed by atoms with Gasteiger partial charge in [0.15, 0.2) is 17.1 Å². The molecule has 0 spiro atoms. The van der Waals surface area contributed by atoms with E-state index in [1.165, 1.54) is 45.0 Å². The second-order valence-electron chi connectivity index (χ2n) is 27.3. The molecular weight excluding hydrogens is 1460 g/mol. The predicted octanol–water partition coefficient (Wildman–Crippen LogP) is 1.13. The first-order chi connectivity index (χ1) is 51.4. The van der Waals surface area contributed by atoms with Gasteiger partial charge in [0.2, 0.25) is 70.7 Å². The van der Waals surface area contributed by atoms with E-state index in [0.717, 1.165) is 26.5 Å². The molecule has 33 nitrogen and oxygen atoms in total. The Balaban J connectivity index is 1.08. The number of rotatable bonds is 25. The van der Waals surface area contributed by atoms with Gasteiger partial charge in [-0.05, 0) is 119 Å². The van der Waals surface area contributed by atoms with Crippen molar-refractivity contribution < 1.29 is 91.2 Å². The number of ether oxygens (including phenoxy) is 3. The largest absolute Gasteiger partial charge is 0.497 e. The summed E-state index contributed by atoms with van der Waals surface area (Å²) in [5, 5.41) is 54.4. The smallest absolute Gasteiger partial charge is 0.305 e. The molecule has 8 rings (SSSR count). The van der Waals surface area contributed by atoms with Gasteiger partial charge in [-0.3, -0.25) is 67.7 Å². The molecule has 4 aliphatic rings. The van der Waals surface area contributed by atoms with Crippen LogP contribution in [0, 0.1) is 18.3 Å². The molecule has 4 aromatic rings. The number of hydrogen-bond donors (Lipinski definition) is 13. The highest BCUT2D eigenvalue weighted by molar-refractivity contribution is 8.76. The van der Waals surface area contributed by atoms with Crippen LogP contribution in [0.4, 0.5) is 0 Å². The lowest BCUT2D eigenvalue weighted by molar-refractivity contribution is -0.144. The van der Waals surface area contributed by atoms with E-state index in [0.29, 0.717) is 51.4 Å². The summed E-state index contributed by atoms with van der Waals surface area (Å²) < 4.78 is 22.4. The average Bonchev–Trinajstić information content (AvgIpc) is 1.62. The molecule has 0 radical (unpaired) electrons. The van der Waals surface area contributed by atoms with E-state index in [4.69, 9.17) is 41.4 Å². The third kappa shape index (κ3) is 21.7. The molecule has 0 aliphatic carbocycles. The van der Waals surface area contributed by atoms with Crippen LogP contribution in [-0.2, 0) is 70.4 Å². The number of halogens is 1. The van der Waals surface area contributed by atoms with Gasteiger partial charge in [-0.15, -0.1) is 0 Å². The van der Waals surface area contributed by atoms with Gasteiger partial charge in [0.25, 0.3) is 5.91 Å². The molecule has 12 amide bonds.